The van der Waals surface area contributed by atoms with Gasteiger partial charge in [-0.2, -0.15) is 0 Å². The molecule has 2 aliphatic rings. The summed E-state index contributed by atoms with van der Waals surface area (Å²) in [6.45, 7) is 5.01. The molecular formula is C16H24N4O2S. The van der Waals surface area contributed by atoms with Crippen molar-refractivity contribution < 1.29 is 9.59 Å². The minimum atomic E-state index is -0.0310. The number of piperidine rings is 1. The zero-order valence-corrected chi connectivity index (χ0v) is 14.3. The van der Waals surface area contributed by atoms with Crippen molar-refractivity contribution in [3.63, 3.8) is 0 Å². The topological polar surface area (TPSA) is 74.3 Å². The van der Waals surface area contributed by atoms with E-state index >= 15 is 0 Å². The molecule has 0 bridgehead atoms. The Morgan fingerprint density at radius 3 is 3.00 bits per heavy atom. The van der Waals surface area contributed by atoms with Crippen molar-refractivity contribution in [1.29, 1.82) is 0 Å². The molecule has 2 aliphatic heterocycles. The molecule has 3 rings (SSSR count). The monoisotopic (exact) mass is 336 g/mol. The number of thiazole rings is 1. The second kappa shape index (κ2) is 7.40. The summed E-state index contributed by atoms with van der Waals surface area (Å²) >= 11 is 1.45. The molecule has 0 spiro atoms. The van der Waals surface area contributed by atoms with Gasteiger partial charge >= 0.3 is 0 Å². The van der Waals surface area contributed by atoms with Crippen molar-refractivity contribution in [3.8, 4) is 0 Å². The Kier molecular flexibility index (Phi) is 5.27. The first-order valence-electron chi connectivity index (χ1n) is 8.36. The van der Waals surface area contributed by atoms with Crippen LogP contribution in [0.4, 0.5) is 0 Å². The maximum Gasteiger partial charge on any atom is 0.265 e. The summed E-state index contributed by atoms with van der Waals surface area (Å²) in [5.41, 5.74) is 0. The number of rotatable bonds is 4. The van der Waals surface area contributed by atoms with Gasteiger partial charge in [0, 0.05) is 19.6 Å². The van der Waals surface area contributed by atoms with Crippen molar-refractivity contribution in [2.24, 2.45) is 5.92 Å². The van der Waals surface area contributed by atoms with E-state index in [0.29, 0.717) is 23.9 Å². The van der Waals surface area contributed by atoms with Gasteiger partial charge in [0.25, 0.3) is 5.91 Å². The van der Waals surface area contributed by atoms with E-state index in [-0.39, 0.29) is 17.9 Å². The predicted octanol–water partition coefficient (Wildman–Crippen LogP) is 1.17. The SMILES string of the molecule is Cc1ncc(C(=O)N2CCCC(CNC(=O)C3CCCN3)C2)s1. The molecule has 0 radical (unpaired) electrons. The van der Waals surface area contributed by atoms with Crippen LogP contribution >= 0.6 is 11.3 Å². The fraction of sp³-hybridized carbons (Fsp3) is 0.688. The Bertz CT molecular complexity index is 568. The Labute approximate surface area is 140 Å². The average Bonchev–Trinajstić information content (AvgIpc) is 3.24. The third kappa shape index (κ3) is 4.09. The van der Waals surface area contributed by atoms with Gasteiger partial charge in [-0.3, -0.25) is 9.59 Å². The van der Waals surface area contributed by atoms with Gasteiger partial charge in [0.15, 0.2) is 0 Å². The third-order valence-electron chi connectivity index (χ3n) is 4.58. The molecule has 3 heterocycles. The lowest BCUT2D eigenvalue weighted by Crippen LogP contribution is -2.46. The maximum absolute atomic E-state index is 12.5. The van der Waals surface area contributed by atoms with Gasteiger partial charge in [-0.05, 0) is 45.1 Å². The average molecular weight is 336 g/mol. The van der Waals surface area contributed by atoms with E-state index < -0.39 is 0 Å². The maximum atomic E-state index is 12.5. The highest BCUT2D eigenvalue weighted by Gasteiger charge is 2.27. The standard InChI is InChI=1S/C16H24N4O2S/c1-11-18-9-14(23-11)16(22)20-7-3-4-12(10-20)8-19-15(21)13-5-2-6-17-13/h9,12-13,17H,2-8,10H2,1H3,(H,19,21). The summed E-state index contributed by atoms with van der Waals surface area (Å²) in [4.78, 5) is 31.3. The largest absolute Gasteiger partial charge is 0.354 e. The molecule has 126 valence electrons. The number of hydrogen-bond donors (Lipinski definition) is 2. The zero-order valence-electron chi connectivity index (χ0n) is 13.5. The fourth-order valence-corrected chi connectivity index (χ4v) is 4.05. The van der Waals surface area contributed by atoms with Crippen LogP contribution in [0.3, 0.4) is 0 Å². The lowest BCUT2D eigenvalue weighted by atomic mass is 9.97. The summed E-state index contributed by atoms with van der Waals surface area (Å²) in [5, 5.41) is 7.18. The number of carbonyl (C=O) groups is 2. The van der Waals surface area contributed by atoms with Crippen molar-refractivity contribution in [1.82, 2.24) is 20.5 Å². The van der Waals surface area contributed by atoms with Crippen LogP contribution in [0.25, 0.3) is 0 Å². The lowest BCUT2D eigenvalue weighted by molar-refractivity contribution is -0.123. The van der Waals surface area contributed by atoms with Gasteiger partial charge in [-0.15, -0.1) is 11.3 Å². The number of amides is 2. The van der Waals surface area contributed by atoms with E-state index in [1.165, 1.54) is 11.3 Å². The molecule has 2 unspecified atom stereocenters. The van der Waals surface area contributed by atoms with Crippen LogP contribution in [0.15, 0.2) is 6.20 Å². The minimum absolute atomic E-state index is 0.0310. The van der Waals surface area contributed by atoms with Crippen LogP contribution in [0.2, 0.25) is 0 Å². The molecule has 6 nitrogen and oxygen atoms in total. The van der Waals surface area contributed by atoms with Gasteiger partial charge in [0.05, 0.1) is 17.2 Å². The summed E-state index contributed by atoms with van der Waals surface area (Å²) in [6.07, 6.45) is 5.71. The molecular weight excluding hydrogens is 312 g/mol. The van der Waals surface area contributed by atoms with E-state index in [0.717, 1.165) is 43.8 Å². The van der Waals surface area contributed by atoms with Crippen molar-refractivity contribution in [3.05, 3.63) is 16.1 Å². The molecule has 1 aromatic rings. The molecule has 1 aromatic heterocycles. The van der Waals surface area contributed by atoms with E-state index in [9.17, 15) is 9.59 Å². The highest BCUT2D eigenvalue weighted by molar-refractivity contribution is 7.13. The van der Waals surface area contributed by atoms with Gasteiger partial charge in [0.2, 0.25) is 5.91 Å². The molecule has 0 aromatic carbocycles. The number of nitrogens with one attached hydrogen (secondary N) is 2. The Balaban J connectivity index is 1.49. The number of likely N-dealkylation sites (tertiary alicyclic amines) is 1. The van der Waals surface area contributed by atoms with Crippen LogP contribution in [0.5, 0.6) is 0 Å². The number of carbonyl (C=O) groups excluding carboxylic acids is 2. The third-order valence-corrected chi connectivity index (χ3v) is 5.48. The highest BCUT2D eigenvalue weighted by Crippen LogP contribution is 2.21. The first kappa shape index (κ1) is 16.4. The normalized spacial score (nSPS) is 24.7. The van der Waals surface area contributed by atoms with Crippen LogP contribution in [-0.4, -0.2) is 53.9 Å². The van der Waals surface area contributed by atoms with E-state index in [1.54, 1.807) is 6.20 Å². The number of aryl methyl sites for hydroxylation is 1. The van der Waals surface area contributed by atoms with Gasteiger partial charge in [0.1, 0.15) is 4.88 Å². The smallest absolute Gasteiger partial charge is 0.265 e. The molecule has 2 amide bonds. The second-order valence-electron chi connectivity index (χ2n) is 6.40. The first-order valence-corrected chi connectivity index (χ1v) is 9.18. The van der Waals surface area contributed by atoms with E-state index in [4.69, 9.17) is 0 Å². The Hall–Kier alpha value is -1.47. The van der Waals surface area contributed by atoms with Gasteiger partial charge < -0.3 is 15.5 Å². The minimum Gasteiger partial charge on any atom is -0.354 e. The Morgan fingerprint density at radius 2 is 2.30 bits per heavy atom. The van der Waals surface area contributed by atoms with Gasteiger partial charge in [-0.1, -0.05) is 0 Å². The number of nitrogens with zero attached hydrogens (tertiary/aromatic N) is 2. The van der Waals surface area contributed by atoms with E-state index in [1.807, 2.05) is 11.8 Å². The molecule has 2 fully saturated rings. The van der Waals surface area contributed by atoms with E-state index in [2.05, 4.69) is 15.6 Å². The lowest BCUT2D eigenvalue weighted by Gasteiger charge is -2.32. The summed E-state index contributed by atoms with van der Waals surface area (Å²) in [6, 6.07) is -0.0310. The van der Waals surface area contributed by atoms with Gasteiger partial charge in [-0.25, -0.2) is 4.98 Å². The Morgan fingerprint density at radius 1 is 1.43 bits per heavy atom. The molecule has 0 saturated carbocycles. The first-order chi connectivity index (χ1) is 11.1. The fourth-order valence-electron chi connectivity index (χ4n) is 3.31. The van der Waals surface area contributed by atoms with Crippen LogP contribution in [-0.2, 0) is 4.79 Å². The number of hydrogen-bond acceptors (Lipinski definition) is 5. The summed E-state index contributed by atoms with van der Waals surface area (Å²) in [5.74, 6) is 0.514. The molecule has 23 heavy (non-hydrogen) atoms. The molecule has 2 atom stereocenters. The van der Waals surface area contributed by atoms with Crippen LogP contribution in [0, 0.1) is 12.8 Å². The van der Waals surface area contributed by atoms with Crippen molar-refractivity contribution >= 4 is 23.2 Å². The predicted molar refractivity (Wildman–Crippen MR) is 89.5 cm³/mol. The van der Waals surface area contributed by atoms with Crippen LogP contribution < -0.4 is 10.6 Å². The second-order valence-corrected chi connectivity index (χ2v) is 7.63. The van der Waals surface area contributed by atoms with Crippen molar-refractivity contribution in [2.45, 2.75) is 38.6 Å². The molecule has 7 heteroatoms. The summed E-state index contributed by atoms with van der Waals surface area (Å²) < 4.78 is 0. The number of aromatic nitrogens is 1. The molecule has 2 saturated heterocycles. The quantitative estimate of drug-likeness (QED) is 0.866. The molecule has 0 aliphatic carbocycles. The molecule has 2 N–H and O–H groups in total. The highest BCUT2D eigenvalue weighted by atomic mass is 32.1. The zero-order chi connectivity index (χ0) is 16.2. The van der Waals surface area contributed by atoms with Crippen molar-refractivity contribution in [2.75, 3.05) is 26.2 Å². The van der Waals surface area contributed by atoms with Crippen LogP contribution in [0.1, 0.15) is 40.4 Å². The summed E-state index contributed by atoms with van der Waals surface area (Å²) in [7, 11) is 0.